The third-order valence-corrected chi connectivity index (χ3v) is 4.96. The van der Waals surface area contributed by atoms with Gasteiger partial charge in [-0.2, -0.15) is 0 Å². The van der Waals surface area contributed by atoms with Crippen molar-refractivity contribution in [1.82, 2.24) is 10.6 Å². The van der Waals surface area contributed by atoms with E-state index in [1.54, 1.807) is 30.3 Å². The minimum Gasteiger partial charge on any atom is -0.493 e. The number of fused-ring (bicyclic) bond motifs is 1. The third-order valence-electron chi connectivity index (χ3n) is 4.68. The number of halogens is 1. The third kappa shape index (κ3) is 6.43. The van der Waals surface area contributed by atoms with Crippen molar-refractivity contribution in [3.05, 3.63) is 46.5 Å². The van der Waals surface area contributed by atoms with E-state index < -0.39 is 0 Å². The Morgan fingerprint density at radius 1 is 1.03 bits per heavy atom. The van der Waals surface area contributed by atoms with Crippen LogP contribution in [0.25, 0.3) is 0 Å². The standard InChI is InChI=1S/C23H27ClN2O6/c1-3-25-22(28)14-32-18-6-5-15(10-19(18)29-2)13-26-21(27)12-16-9-17(24)23-20(11-16)30-7-4-8-31-23/h5-6,9-11H,3-4,7-8,12-14H2,1-2H3,(H,25,28)(H,26,27). The Balaban J connectivity index is 1.57. The summed E-state index contributed by atoms with van der Waals surface area (Å²) in [6.45, 7) is 3.68. The Hall–Kier alpha value is -3.13. The molecule has 0 fully saturated rings. The Bertz CT molecular complexity index is 966. The maximum atomic E-state index is 12.5. The van der Waals surface area contributed by atoms with Gasteiger partial charge in [-0.15, -0.1) is 0 Å². The molecule has 1 aliphatic heterocycles. The topological polar surface area (TPSA) is 95.1 Å². The first-order valence-corrected chi connectivity index (χ1v) is 10.8. The number of amides is 2. The number of carbonyl (C=O) groups is 2. The van der Waals surface area contributed by atoms with Crippen LogP contribution in [-0.2, 0) is 22.6 Å². The molecule has 1 aliphatic rings. The number of likely N-dealkylation sites (N-methyl/N-ethyl adjacent to an activating group) is 1. The molecular formula is C23H27ClN2O6. The van der Waals surface area contributed by atoms with Crippen LogP contribution in [0.5, 0.6) is 23.0 Å². The van der Waals surface area contributed by atoms with Crippen LogP contribution in [0.1, 0.15) is 24.5 Å². The fourth-order valence-electron chi connectivity index (χ4n) is 3.17. The minimum absolute atomic E-state index is 0.0988. The van der Waals surface area contributed by atoms with Gasteiger partial charge in [-0.1, -0.05) is 17.7 Å². The molecule has 0 aliphatic carbocycles. The van der Waals surface area contributed by atoms with Gasteiger partial charge in [-0.25, -0.2) is 0 Å². The van der Waals surface area contributed by atoms with E-state index in [9.17, 15) is 9.59 Å². The highest BCUT2D eigenvalue weighted by atomic mass is 35.5. The molecule has 9 heteroatoms. The summed E-state index contributed by atoms with van der Waals surface area (Å²) in [7, 11) is 1.52. The van der Waals surface area contributed by atoms with Crippen LogP contribution in [0.4, 0.5) is 0 Å². The molecule has 0 radical (unpaired) electrons. The zero-order chi connectivity index (χ0) is 22.9. The number of carbonyl (C=O) groups excluding carboxylic acids is 2. The summed E-state index contributed by atoms with van der Waals surface area (Å²) in [6.07, 6.45) is 0.932. The van der Waals surface area contributed by atoms with Crippen molar-refractivity contribution in [2.24, 2.45) is 0 Å². The van der Waals surface area contributed by atoms with Crippen LogP contribution in [0, 0.1) is 0 Å². The van der Waals surface area contributed by atoms with Crippen molar-refractivity contribution in [2.75, 3.05) is 33.5 Å². The quantitative estimate of drug-likeness (QED) is 0.595. The summed E-state index contributed by atoms with van der Waals surface area (Å²) >= 11 is 6.30. The van der Waals surface area contributed by atoms with Crippen LogP contribution in [-0.4, -0.2) is 45.3 Å². The van der Waals surface area contributed by atoms with Crippen molar-refractivity contribution in [3.8, 4) is 23.0 Å². The molecule has 1 heterocycles. The highest BCUT2D eigenvalue weighted by Crippen LogP contribution is 2.38. The smallest absolute Gasteiger partial charge is 0.257 e. The average molecular weight is 463 g/mol. The second-order valence-electron chi connectivity index (χ2n) is 7.14. The Labute approximate surface area is 192 Å². The fraction of sp³-hybridized carbons (Fsp3) is 0.391. The lowest BCUT2D eigenvalue weighted by Gasteiger charge is -2.13. The van der Waals surface area contributed by atoms with E-state index in [1.807, 2.05) is 6.92 Å². The van der Waals surface area contributed by atoms with E-state index in [0.29, 0.717) is 54.3 Å². The number of ether oxygens (including phenoxy) is 4. The van der Waals surface area contributed by atoms with Crippen molar-refractivity contribution in [3.63, 3.8) is 0 Å². The lowest BCUT2D eigenvalue weighted by molar-refractivity contribution is -0.123. The van der Waals surface area contributed by atoms with Crippen LogP contribution in [0.2, 0.25) is 5.02 Å². The summed E-state index contributed by atoms with van der Waals surface area (Å²) in [5.41, 5.74) is 1.57. The lowest BCUT2D eigenvalue weighted by atomic mass is 10.1. The molecule has 0 saturated carbocycles. The molecule has 0 saturated heterocycles. The van der Waals surface area contributed by atoms with E-state index in [4.69, 9.17) is 30.5 Å². The first kappa shape index (κ1) is 23.5. The van der Waals surface area contributed by atoms with Crippen molar-refractivity contribution < 1.29 is 28.5 Å². The average Bonchev–Trinajstić information content (AvgIpc) is 3.02. The van der Waals surface area contributed by atoms with Gasteiger partial charge in [0.1, 0.15) is 0 Å². The van der Waals surface area contributed by atoms with Crippen LogP contribution in [0.3, 0.4) is 0 Å². The van der Waals surface area contributed by atoms with E-state index >= 15 is 0 Å². The summed E-state index contributed by atoms with van der Waals surface area (Å²) in [5.74, 6) is 1.65. The second-order valence-corrected chi connectivity index (χ2v) is 7.54. The van der Waals surface area contributed by atoms with Crippen molar-refractivity contribution >= 4 is 23.4 Å². The normalized spacial score (nSPS) is 12.5. The highest BCUT2D eigenvalue weighted by molar-refractivity contribution is 6.32. The highest BCUT2D eigenvalue weighted by Gasteiger charge is 2.17. The zero-order valence-electron chi connectivity index (χ0n) is 18.2. The van der Waals surface area contributed by atoms with E-state index in [1.165, 1.54) is 7.11 Å². The van der Waals surface area contributed by atoms with Gasteiger partial charge >= 0.3 is 0 Å². The molecule has 2 aromatic rings. The summed E-state index contributed by atoms with van der Waals surface area (Å²) in [5, 5.41) is 5.98. The Morgan fingerprint density at radius 2 is 1.84 bits per heavy atom. The predicted molar refractivity (Wildman–Crippen MR) is 120 cm³/mol. The van der Waals surface area contributed by atoms with E-state index in [2.05, 4.69) is 10.6 Å². The Kier molecular flexibility index (Phi) is 8.44. The van der Waals surface area contributed by atoms with Gasteiger partial charge in [-0.05, 0) is 42.3 Å². The van der Waals surface area contributed by atoms with Crippen molar-refractivity contribution in [2.45, 2.75) is 26.3 Å². The summed E-state index contributed by atoms with van der Waals surface area (Å²) in [6, 6.07) is 8.79. The number of methoxy groups -OCH3 is 1. The van der Waals surface area contributed by atoms with Crippen LogP contribution in [0.15, 0.2) is 30.3 Å². The maximum absolute atomic E-state index is 12.5. The van der Waals surface area contributed by atoms with Gasteiger partial charge in [0.05, 0.1) is 31.8 Å². The van der Waals surface area contributed by atoms with Gasteiger partial charge in [-0.3, -0.25) is 9.59 Å². The molecule has 32 heavy (non-hydrogen) atoms. The number of nitrogens with one attached hydrogen (secondary N) is 2. The number of benzene rings is 2. The molecule has 8 nitrogen and oxygen atoms in total. The second kappa shape index (κ2) is 11.5. The minimum atomic E-state index is -0.208. The predicted octanol–water partition coefficient (Wildman–Crippen LogP) is 2.88. The molecule has 0 unspecified atom stereocenters. The van der Waals surface area contributed by atoms with Gasteiger partial charge in [0.2, 0.25) is 5.91 Å². The molecule has 3 rings (SSSR count). The number of rotatable bonds is 9. The van der Waals surface area contributed by atoms with Crippen LogP contribution >= 0.6 is 11.6 Å². The zero-order valence-corrected chi connectivity index (χ0v) is 18.9. The molecule has 0 aromatic heterocycles. The molecule has 2 amide bonds. The molecule has 0 spiro atoms. The maximum Gasteiger partial charge on any atom is 0.257 e. The van der Waals surface area contributed by atoms with Crippen molar-refractivity contribution in [1.29, 1.82) is 0 Å². The summed E-state index contributed by atoms with van der Waals surface area (Å²) < 4.78 is 22.1. The SMILES string of the molecule is CCNC(=O)COc1ccc(CNC(=O)Cc2cc(Cl)c3c(c2)OCCCO3)cc1OC. The largest absolute Gasteiger partial charge is 0.493 e. The van der Waals surface area contributed by atoms with Gasteiger partial charge in [0, 0.05) is 19.5 Å². The first-order valence-electron chi connectivity index (χ1n) is 10.4. The van der Waals surface area contributed by atoms with Gasteiger partial charge < -0.3 is 29.6 Å². The van der Waals surface area contributed by atoms with Gasteiger partial charge in [0.15, 0.2) is 29.6 Å². The lowest BCUT2D eigenvalue weighted by Crippen LogP contribution is -2.28. The monoisotopic (exact) mass is 462 g/mol. The van der Waals surface area contributed by atoms with Crippen LogP contribution < -0.4 is 29.6 Å². The molecule has 172 valence electrons. The molecular weight excluding hydrogens is 436 g/mol. The summed E-state index contributed by atoms with van der Waals surface area (Å²) in [4.78, 5) is 24.0. The first-order chi connectivity index (χ1) is 15.5. The molecule has 0 atom stereocenters. The number of hydrogen-bond acceptors (Lipinski definition) is 6. The molecule has 2 N–H and O–H groups in total. The fourth-order valence-corrected chi connectivity index (χ4v) is 3.46. The number of hydrogen-bond donors (Lipinski definition) is 2. The Morgan fingerprint density at radius 3 is 2.62 bits per heavy atom. The van der Waals surface area contributed by atoms with E-state index in [-0.39, 0.29) is 24.8 Å². The van der Waals surface area contributed by atoms with Gasteiger partial charge in [0.25, 0.3) is 5.91 Å². The molecule has 2 aromatic carbocycles. The molecule has 0 bridgehead atoms. The van der Waals surface area contributed by atoms with E-state index in [0.717, 1.165) is 17.5 Å².